The van der Waals surface area contributed by atoms with E-state index in [2.05, 4.69) is 4.90 Å². The Labute approximate surface area is 123 Å². The summed E-state index contributed by atoms with van der Waals surface area (Å²) in [5.41, 5.74) is 5.31. The molecule has 0 bridgehead atoms. The van der Waals surface area contributed by atoms with Gasteiger partial charge in [-0.15, -0.1) is 0 Å². The highest BCUT2D eigenvalue weighted by Crippen LogP contribution is 2.19. The first kappa shape index (κ1) is 15.9. The predicted octanol–water partition coefficient (Wildman–Crippen LogP) is 1.38. The first-order valence-corrected chi connectivity index (χ1v) is 7.21. The molecule has 1 aromatic rings. The summed E-state index contributed by atoms with van der Waals surface area (Å²) in [5.74, 6) is -2.12. The maximum Gasteiger partial charge on any atom is 0.259 e. The van der Waals surface area contributed by atoms with Crippen molar-refractivity contribution in [1.82, 2.24) is 9.80 Å². The summed E-state index contributed by atoms with van der Waals surface area (Å²) in [6.45, 7) is 5.44. The van der Waals surface area contributed by atoms with Gasteiger partial charge in [-0.3, -0.25) is 9.69 Å². The lowest BCUT2D eigenvalue weighted by Gasteiger charge is -2.34. The average Bonchev–Trinajstić information content (AvgIpc) is 2.49. The van der Waals surface area contributed by atoms with Gasteiger partial charge in [-0.1, -0.05) is 6.07 Å². The number of carbonyl (C=O) groups excluding carboxylic acids is 1. The molecule has 0 aliphatic carbocycles. The molecule has 116 valence electrons. The molecule has 2 rings (SSSR count). The van der Waals surface area contributed by atoms with Crippen LogP contribution in [0.25, 0.3) is 0 Å². The van der Waals surface area contributed by atoms with Crippen LogP contribution in [0.15, 0.2) is 12.1 Å². The van der Waals surface area contributed by atoms with E-state index in [1.807, 2.05) is 0 Å². The fourth-order valence-corrected chi connectivity index (χ4v) is 2.50. The minimum absolute atomic E-state index is 0.279. The molecule has 21 heavy (non-hydrogen) atoms. The SMILES string of the molecule is Cc1ccc(F)c(C(=O)N2CCN(CCCN)CC2)c1F. The van der Waals surface area contributed by atoms with Gasteiger partial charge >= 0.3 is 0 Å². The molecule has 1 aliphatic rings. The zero-order valence-corrected chi connectivity index (χ0v) is 12.2. The van der Waals surface area contributed by atoms with Crippen LogP contribution in [0.4, 0.5) is 8.78 Å². The highest BCUT2D eigenvalue weighted by molar-refractivity contribution is 5.95. The first-order valence-electron chi connectivity index (χ1n) is 7.21. The molecule has 1 fully saturated rings. The lowest BCUT2D eigenvalue weighted by molar-refractivity contribution is 0.0627. The van der Waals surface area contributed by atoms with Gasteiger partial charge < -0.3 is 10.6 Å². The van der Waals surface area contributed by atoms with Crippen molar-refractivity contribution in [3.8, 4) is 0 Å². The van der Waals surface area contributed by atoms with Crippen LogP contribution in [0.5, 0.6) is 0 Å². The van der Waals surface area contributed by atoms with Crippen LogP contribution in [-0.4, -0.2) is 55.0 Å². The Morgan fingerprint density at radius 3 is 2.52 bits per heavy atom. The summed E-state index contributed by atoms with van der Waals surface area (Å²) in [5, 5.41) is 0. The van der Waals surface area contributed by atoms with Crippen LogP contribution >= 0.6 is 0 Å². The van der Waals surface area contributed by atoms with E-state index >= 15 is 0 Å². The lowest BCUT2D eigenvalue weighted by atomic mass is 10.1. The molecule has 1 aliphatic heterocycles. The number of piperazine rings is 1. The minimum Gasteiger partial charge on any atom is -0.336 e. The highest BCUT2D eigenvalue weighted by Gasteiger charge is 2.27. The Bertz CT molecular complexity index is 514. The van der Waals surface area contributed by atoms with E-state index in [9.17, 15) is 13.6 Å². The van der Waals surface area contributed by atoms with Gasteiger partial charge in [0, 0.05) is 26.2 Å². The Morgan fingerprint density at radius 2 is 1.90 bits per heavy atom. The largest absolute Gasteiger partial charge is 0.336 e. The van der Waals surface area contributed by atoms with Gasteiger partial charge in [-0.2, -0.15) is 0 Å². The van der Waals surface area contributed by atoms with Crippen LogP contribution in [0.3, 0.4) is 0 Å². The van der Waals surface area contributed by atoms with E-state index in [4.69, 9.17) is 5.73 Å². The minimum atomic E-state index is -0.798. The Balaban J connectivity index is 2.04. The summed E-state index contributed by atoms with van der Waals surface area (Å²) in [4.78, 5) is 16.0. The van der Waals surface area contributed by atoms with Crippen molar-refractivity contribution in [2.75, 3.05) is 39.3 Å². The molecule has 4 nitrogen and oxygen atoms in total. The van der Waals surface area contributed by atoms with Crippen molar-refractivity contribution in [2.45, 2.75) is 13.3 Å². The zero-order valence-electron chi connectivity index (χ0n) is 12.2. The molecule has 0 unspecified atom stereocenters. The molecule has 0 radical (unpaired) electrons. The molecule has 6 heteroatoms. The molecule has 0 aromatic heterocycles. The molecule has 0 atom stereocenters. The second-order valence-electron chi connectivity index (χ2n) is 5.33. The second-order valence-corrected chi connectivity index (χ2v) is 5.33. The van der Waals surface area contributed by atoms with Gasteiger partial charge in [-0.05, 0) is 38.1 Å². The van der Waals surface area contributed by atoms with E-state index in [0.29, 0.717) is 32.7 Å². The quantitative estimate of drug-likeness (QED) is 0.913. The number of hydrogen-bond donors (Lipinski definition) is 1. The van der Waals surface area contributed by atoms with Crippen LogP contribution in [0, 0.1) is 18.6 Å². The van der Waals surface area contributed by atoms with Crippen molar-refractivity contribution >= 4 is 5.91 Å². The van der Waals surface area contributed by atoms with Crippen LogP contribution in [0.2, 0.25) is 0 Å². The van der Waals surface area contributed by atoms with Crippen LogP contribution in [-0.2, 0) is 0 Å². The number of rotatable bonds is 4. The molecule has 0 spiro atoms. The summed E-state index contributed by atoms with van der Waals surface area (Å²) < 4.78 is 27.8. The molecular formula is C15H21F2N3O. The number of carbonyl (C=O) groups is 1. The highest BCUT2D eigenvalue weighted by atomic mass is 19.1. The maximum atomic E-state index is 14.0. The third-order valence-corrected chi connectivity index (χ3v) is 3.84. The standard InChI is InChI=1S/C15H21F2N3O/c1-11-3-4-12(16)13(14(11)17)15(21)20-9-7-19(8-10-20)6-2-5-18/h3-4H,2,5-10,18H2,1H3. The number of nitrogens with two attached hydrogens (primary N) is 1. The van der Waals surface area contributed by atoms with E-state index < -0.39 is 23.1 Å². The predicted molar refractivity (Wildman–Crippen MR) is 77.1 cm³/mol. The number of hydrogen-bond acceptors (Lipinski definition) is 3. The fourth-order valence-electron chi connectivity index (χ4n) is 2.50. The summed E-state index contributed by atoms with van der Waals surface area (Å²) in [6.07, 6.45) is 0.912. The first-order chi connectivity index (χ1) is 10.0. The third-order valence-electron chi connectivity index (χ3n) is 3.84. The molecule has 1 amide bonds. The van der Waals surface area contributed by atoms with Gasteiger partial charge in [0.25, 0.3) is 5.91 Å². The summed E-state index contributed by atoms with van der Waals surface area (Å²) in [6, 6.07) is 2.48. The fraction of sp³-hybridized carbons (Fsp3) is 0.533. The molecule has 1 saturated heterocycles. The maximum absolute atomic E-state index is 14.0. The van der Waals surface area contributed by atoms with Crippen molar-refractivity contribution < 1.29 is 13.6 Å². The topological polar surface area (TPSA) is 49.6 Å². The number of aryl methyl sites for hydroxylation is 1. The van der Waals surface area contributed by atoms with E-state index in [1.165, 1.54) is 17.9 Å². The van der Waals surface area contributed by atoms with Crippen molar-refractivity contribution in [2.24, 2.45) is 5.73 Å². The van der Waals surface area contributed by atoms with E-state index in [1.54, 1.807) is 0 Å². The van der Waals surface area contributed by atoms with Gasteiger partial charge in [0.05, 0.1) is 0 Å². The van der Waals surface area contributed by atoms with Gasteiger partial charge in [0.15, 0.2) is 0 Å². The number of amides is 1. The molecule has 1 heterocycles. The molecule has 1 aromatic carbocycles. The number of halogens is 2. The van der Waals surface area contributed by atoms with Gasteiger partial charge in [0.1, 0.15) is 17.2 Å². The van der Waals surface area contributed by atoms with Crippen LogP contribution < -0.4 is 5.73 Å². The summed E-state index contributed by atoms with van der Waals surface area (Å²) >= 11 is 0. The van der Waals surface area contributed by atoms with Gasteiger partial charge in [-0.25, -0.2) is 8.78 Å². The third kappa shape index (κ3) is 3.57. The monoisotopic (exact) mass is 297 g/mol. The zero-order chi connectivity index (χ0) is 15.4. The summed E-state index contributed by atoms with van der Waals surface area (Å²) in [7, 11) is 0. The van der Waals surface area contributed by atoms with E-state index in [0.717, 1.165) is 19.0 Å². The second kappa shape index (κ2) is 6.95. The lowest BCUT2D eigenvalue weighted by Crippen LogP contribution is -2.49. The normalized spacial score (nSPS) is 16.3. The van der Waals surface area contributed by atoms with Gasteiger partial charge in [0.2, 0.25) is 0 Å². The smallest absolute Gasteiger partial charge is 0.259 e. The average molecular weight is 297 g/mol. The molecule has 0 saturated carbocycles. The van der Waals surface area contributed by atoms with E-state index in [-0.39, 0.29) is 5.56 Å². The molecular weight excluding hydrogens is 276 g/mol. The molecule has 2 N–H and O–H groups in total. The van der Waals surface area contributed by atoms with Crippen molar-refractivity contribution in [1.29, 1.82) is 0 Å². The number of nitrogens with zero attached hydrogens (tertiary/aromatic N) is 2. The number of benzene rings is 1. The van der Waals surface area contributed by atoms with Crippen molar-refractivity contribution in [3.05, 3.63) is 34.9 Å². The van der Waals surface area contributed by atoms with Crippen LogP contribution in [0.1, 0.15) is 22.3 Å². The Kier molecular flexibility index (Phi) is 5.25. The Hall–Kier alpha value is -1.53. The van der Waals surface area contributed by atoms with Crippen molar-refractivity contribution in [3.63, 3.8) is 0 Å². The Morgan fingerprint density at radius 1 is 1.24 bits per heavy atom.